The van der Waals surface area contributed by atoms with Crippen LogP contribution in [0.15, 0.2) is 18.2 Å². The summed E-state index contributed by atoms with van der Waals surface area (Å²) in [5, 5.41) is 1.99. The van der Waals surface area contributed by atoms with E-state index in [9.17, 15) is 30.7 Å². The van der Waals surface area contributed by atoms with Crippen molar-refractivity contribution < 1.29 is 35.5 Å². The van der Waals surface area contributed by atoms with Gasteiger partial charge in [0.05, 0.1) is 18.8 Å². The lowest BCUT2D eigenvalue weighted by molar-refractivity contribution is -0.138. The number of hydrogen-bond acceptors (Lipinski definition) is 4. The van der Waals surface area contributed by atoms with Crippen molar-refractivity contribution in [2.75, 3.05) is 36.5 Å². The normalized spacial score (nSPS) is 15.0. The highest BCUT2D eigenvalue weighted by Gasteiger charge is 2.34. The lowest BCUT2D eigenvalue weighted by Crippen LogP contribution is -2.36. The smallest absolute Gasteiger partial charge is 0.378 e. The second-order valence-electron chi connectivity index (χ2n) is 5.99. The molecule has 2 heterocycles. The van der Waals surface area contributed by atoms with Crippen LogP contribution in [0.2, 0.25) is 0 Å². The molecule has 0 radical (unpaired) electrons. The van der Waals surface area contributed by atoms with Crippen molar-refractivity contribution >= 4 is 11.4 Å². The highest BCUT2D eigenvalue weighted by molar-refractivity contribution is 5.53. The van der Waals surface area contributed by atoms with Crippen LogP contribution >= 0.6 is 0 Å². The highest BCUT2D eigenvalue weighted by atomic mass is 19.4. The maximum absolute atomic E-state index is 13.6. The molecule has 1 saturated heterocycles. The molecule has 1 aliphatic heterocycles. The second-order valence-corrected chi connectivity index (χ2v) is 5.99. The number of nitrogens with zero attached hydrogens (tertiary/aromatic N) is 2. The van der Waals surface area contributed by atoms with E-state index in [1.54, 1.807) is 4.90 Å². The predicted octanol–water partition coefficient (Wildman–Crippen LogP) is 4.11. The first-order valence-corrected chi connectivity index (χ1v) is 8.15. The van der Waals surface area contributed by atoms with Crippen LogP contribution in [0.3, 0.4) is 0 Å². The van der Waals surface area contributed by atoms with Gasteiger partial charge in [-0.15, -0.1) is 0 Å². The van der Waals surface area contributed by atoms with Gasteiger partial charge in [0.25, 0.3) is 11.9 Å². The minimum Gasteiger partial charge on any atom is -0.378 e. The maximum atomic E-state index is 13.6. The van der Waals surface area contributed by atoms with Crippen LogP contribution in [0.5, 0.6) is 0 Å². The SMILES string of the molecule is Fc1nc(F)c(F)c(NCc2ccc(N3CCOCC3)cc2C(F)(F)F)c1F. The molecule has 3 rings (SSSR count). The molecule has 0 unspecified atom stereocenters. The van der Waals surface area contributed by atoms with E-state index in [2.05, 4.69) is 4.98 Å². The van der Waals surface area contributed by atoms with Gasteiger partial charge in [-0.1, -0.05) is 6.07 Å². The van der Waals surface area contributed by atoms with Gasteiger partial charge >= 0.3 is 6.18 Å². The summed E-state index contributed by atoms with van der Waals surface area (Å²) in [5.74, 6) is -7.45. The Hall–Kier alpha value is -2.56. The fourth-order valence-corrected chi connectivity index (χ4v) is 2.83. The molecule has 1 N–H and O–H groups in total. The van der Waals surface area contributed by atoms with E-state index in [0.717, 1.165) is 12.1 Å². The molecule has 152 valence electrons. The summed E-state index contributed by atoms with van der Waals surface area (Å²) < 4.78 is 99.1. The summed E-state index contributed by atoms with van der Waals surface area (Å²) in [6.07, 6.45) is -4.74. The van der Waals surface area contributed by atoms with Crippen molar-refractivity contribution in [1.29, 1.82) is 0 Å². The van der Waals surface area contributed by atoms with Crippen molar-refractivity contribution in [2.45, 2.75) is 12.7 Å². The van der Waals surface area contributed by atoms with Gasteiger partial charge in [0.15, 0.2) is 0 Å². The maximum Gasteiger partial charge on any atom is 0.416 e. The molecule has 1 fully saturated rings. The third kappa shape index (κ3) is 4.13. The largest absolute Gasteiger partial charge is 0.416 e. The molecular weight excluding hydrogens is 395 g/mol. The molecule has 1 aromatic carbocycles. The number of morpholine rings is 1. The molecule has 0 saturated carbocycles. The zero-order valence-corrected chi connectivity index (χ0v) is 14.2. The third-order valence-corrected chi connectivity index (χ3v) is 4.23. The van der Waals surface area contributed by atoms with Crippen molar-refractivity contribution in [3.63, 3.8) is 0 Å². The Balaban J connectivity index is 1.90. The standard InChI is InChI=1S/C17H14F7N3O/c18-12-14(13(19)16(21)26-15(12)20)25-8-9-1-2-10(7-11(9)17(22,23)24)27-3-5-28-6-4-27/h1-2,7H,3-6,8H2,(H,25,26). The van der Waals surface area contributed by atoms with E-state index in [0.29, 0.717) is 32.0 Å². The molecule has 28 heavy (non-hydrogen) atoms. The van der Waals surface area contributed by atoms with Crippen LogP contribution in [0, 0.1) is 23.5 Å². The Morgan fingerprint density at radius 3 is 2.18 bits per heavy atom. The lowest BCUT2D eigenvalue weighted by atomic mass is 10.0. The van der Waals surface area contributed by atoms with Crippen LogP contribution in [-0.4, -0.2) is 31.3 Å². The number of hydrogen-bond donors (Lipinski definition) is 1. The number of halogens is 7. The van der Waals surface area contributed by atoms with E-state index in [1.807, 2.05) is 5.32 Å². The molecule has 1 aliphatic rings. The summed E-state index contributed by atoms with van der Waals surface area (Å²) >= 11 is 0. The van der Waals surface area contributed by atoms with Gasteiger partial charge in [0.2, 0.25) is 11.6 Å². The van der Waals surface area contributed by atoms with Crippen LogP contribution in [0.1, 0.15) is 11.1 Å². The quantitative estimate of drug-likeness (QED) is 0.610. The van der Waals surface area contributed by atoms with E-state index >= 15 is 0 Å². The van der Waals surface area contributed by atoms with Crippen molar-refractivity contribution in [1.82, 2.24) is 4.98 Å². The molecule has 0 atom stereocenters. The van der Waals surface area contributed by atoms with Gasteiger partial charge in [-0.05, 0) is 17.7 Å². The zero-order valence-electron chi connectivity index (χ0n) is 14.2. The summed E-state index contributed by atoms with van der Waals surface area (Å²) in [6, 6.07) is 3.49. The monoisotopic (exact) mass is 409 g/mol. The van der Waals surface area contributed by atoms with Crippen molar-refractivity contribution in [3.8, 4) is 0 Å². The summed E-state index contributed by atoms with van der Waals surface area (Å²) in [5.41, 5.74) is -2.28. The minimum absolute atomic E-state index is 0.317. The minimum atomic E-state index is -4.74. The first kappa shape index (κ1) is 20.2. The molecule has 0 aliphatic carbocycles. The molecule has 0 spiro atoms. The number of benzene rings is 1. The average Bonchev–Trinajstić information content (AvgIpc) is 2.66. The number of anilines is 2. The molecule has 0 bridgehead atoms. The topological polar surface area (TPSA) is 37.4 Å². The second kappa shape index (κ2) is 7.82. The number of rotatable bonds is 4. The Morgan fingerprint density at radius 1 is 1.00 bits per heavy atom. The molecule has 0 amide bonds. The summed E-state index contributed by atoms with van der Waals surface area (Å²) in [7, 11) is 0. The lowest BCUT2D eigenvalue weighted by Gasteiger charge is -2.29. The van der Waals surface area contributed by atoms with Gasteiger partial charge in [-0.2, -0.15) is 35.7 Å². The van der Waals surface area contributed by atoms with Gasteiger partial charge in [-0.25, -0.2) is 0 Å². The van der Waals surface area contributed by atoms with Crippen LogP contribution in [0.25, 0.3) is 0 Å². The Kier molecular flexibility index (Phi) is 5.64. The molecule has 2 aromatic rings. The Morgan fingerprint density at radius 2 is 1.61 bits per heavy atom. The van der Waals surface area contributed by atoms with Crippen LogP contribution in [-0.2, 0) is 17.5 Å². The summed E-state index contributed by atoms with van der Waals surface area (Å²) in [4.78, 5) is 4.10. The Labute approximate surface area is 154 Å². The van der Waals surface area contributed by atoms with E-state index < -0.39 is 47.5 Å². The average molecular weight is 409 g/mol. The third-order valence-electron chi connectivity index (χ3n) is 4.23. The first-order valence-electron chi connectivity index (χ1n) is 8.15. The van der Waals surface area contributed by atoms with Crippen LogP contribution < -0.4 is 10.2 Å². The molecule has 11 heteroatoms. The predicted molar refractivity (Wildman–Crippen MR) is 85.9 cm³/mol. The van der Waals surface area contributed by atoms with E-state index in [1.165, 1.54) is 6.07 Å². The summed E-state index contributed by atoms with van der Waals surface area (Å²) in [6.45, 7) is 0.876. The van der Waals surface area contributed by atoms with Gasteiger partial charge in [-0.3, -0.25) is 0 Å². The number of nitrogens with one attached hydrogen (secondary N) is 1. The number of ether oxygens (including phenoxy) is 1. The van der Waals surface area contributed by atoms with Crippen molar-refractivity contribution in [3.05, 3.63) is 52.9 Å². The van der Waals surface area contributed by atoms with Gasteiger partial charge in [0, 0.05) is 25.3 Å². The van der Waals surface area contributed by atoms with E-state index in [-0.39, 0.29) is 5.56 Å². The Bertz CT molecular complexity index is 841. The molecular formula is C17H14F7N3O. The van der Waals surface area contributed by atoms with Gasteiger partial charge < -0.3 is 15.0 Å². The zero-order chi connectivity index (χ0) is 20.5. The number of alkyl halides is 3. The molecule has 1 aromatic heterocycles. The van der Waals surface area contributed by atoms with Crippen LogP contribution in [0.4, 0.5) is 42.1 Å². The number of pyridine rings is 1. The highest BCUT2D eigenvalue weighted by Crippen LogP contribution is 2.35. The van der Waals surface area contributed by atoms with Crippen molar-refractivity contribution in [2.24, 2.45) is 0 Å². The number of aromatic nitrogens is 1. The fraction of sp³-hybridized carbons (Fsp3) is 0.353. The van der Waals surface area contributed by atoms with E-state index in [4.69, 9.17) is 4.74 Å². The fourth-order valence-electron chi connectivity index (χ4n) is 2.83. The first-order chi connectivity index (χ1) is 13.2. The molecule has 4 nitrogen and oxygen atoms in total. The van der Waals surface area contributed by atoms with Gasteiger partial charge in [0.1, 0.15) is 5.69 Å².